The summed E-state index contributed by atoms with van der Waals surface area (Å²) in [6.45, 7) is 6.11. The summed E-state index contributed by atoms with van der Waals surface area (Å²) in [7, 11) is 0. The molecule has 0 radical (unpaired) electrons. The van der Waals surface area contributed by atoms with Crippen molar-refractivity contribution in [3.05, 3.63) is 66.2 Å². The van der Waals surface area contributed by atoms with Crippen molar-refractivity contribution < 1.29 is 9.53 Å². The van der Waals surface area contributed by atoms with Crippen molar-refractivity contribution in [2.45, 2.75) is 33.2 Å². The Morgan fingerprint density at radius 3 is 2.17 bits per heavy atom. The van der Waals surface area contributed by atoms with Gasteiger partial charge in [-0.1, -0.05) is 48.5 Å². The minimum atomic E-state index is -0.637. The number of carbonyl (C=O) groups excluding carboxylic acids is 1. The lowest BCUT2D eigenvalue weighted by molar-refractivity contribution is -0.154. The van der Waals surface area contributed by atoms with Crippen molar-refractivity contribution in [2.75, 3.05) is 11.9 Å². The fraction of sp³-hybridized carbons (Fsp3) is 0.350. The van der Waals surface area contributed by atoms with E-state index in [4.69, 9.17) is 4.74 Å². The maximum atomic E-state index is 12.4. The second-order valence-electron chi connectivity index (χ2n) is 6.19. The highest BCUT2D eigenvalue weighted by atomic mass is 16.5. The molecule has 122 valence electrons. The third-order valence-electron chi connectivity index (χ3n) is 4.07. The van der Waals surface area contributed by atoms with E-state index in [1.54, 1.807) is 0 Å². The summed E-state index contributed by atoms with van der Waals surface area (Å²) in [5, 5.41) is 3.51. The lowest BCUT2D eigenvalue weighted by Gasteiger charge is -2.33. The Morgan fingerprint density at radius 1 is 1.04 bits per heavy atom. The van der Waals surface area contributed by atoms with Gasteiger partial charge in [-0.25, -0.2) is 0 Å². The zero-order valence-electron chi connectivity index (χ0n) is 14.1. The number of anilines is 1. The van der Waals surface area contributed by atoms with Crippen LogP contribution in [0.4, 0.5) is 5.69 Å². The summed E-state index contributed by atoms with van der Waals surface area (Å²) in [6.07, 6.45) is 0.752. The van der Waals surface area contributed by atoms with Gasteiger partial charge in [0, 0.05) is 11.7 Å². The predicted molar refractivity (Wildman–Crippen MR) is 94.4 cm³/mol. The molecule has 0 amide bonds. The van der Waals surface area contributed by atoms with E-state index in [1.807, 2.05) is 69.3 Å². The average Bonchev–Trinajstić information content (AvgIpc) is 2.56. The van der Waals surface area contributed by atoms with E-state index >= 15 is 0 Å². The highest BCUT2D eigenvalue weighted by Crippen LogP contribution is 2.28. The van der Waals surface area contributed by atoms with Gasteiger partial charge in [-0.2, -0.15) is 0 Å². The Kier molecular flexibility index (Phi) is 5.80. The fourth-order valence-electron chi connectivity index (χ4n) is 2.53. The zero-order valence-corrected chi connectivity index (χ0v) is 14.1. The van der Waals surface area contributed by atoms with Crippen LogP contribution in [0.3, 0.4) is 0 Å². The van der Waals surface area contributed by atoms with Crippen molar-refractivity contribution in [1.82, 2.24) is 0 Å². The molecule has 0 aromatic heterocycles. The molecule has 0 aliphatic rings. The summed E-state index contributed by atoms with van der Waals surface area (Å²) in [6, 6.07) is 20.1. The van der Waals surface area contributed by atoms with E-state index in [0.29, 0.717) is 6.61 Å². The van der Waals surface area contributed by atoms with E-state index in [1.165, 1.54) is 5.56 Å². The molecule has 3 heteroatoms. The number of hydrogen-bond donors (Lipinski definition) is 1. The van der Waals surface area contributed by atoms with E-state index < -0.39 is 5.41 Å². The number of carbonyl (C=O) groups is 1. The molecule has 0 spiro atoms. The van der Waals surface area contributed by atoms with Crippen LogP contribution in [-0.2, 0) is 16.0 Å². The quantitative estimate of drug-likeness (QED) is 0.775. The van der Waals surface area contributed by atoms with Crippen LogP contribution in [-0.4, -0.2) is 18.6 Å². The SMILES string of the molecule is CCOC(=O)C(C)(C)C(Cc1ccccc1)Nc1ccccc1. The highest BCUT2D eigenvalue weighted by molar-refractivity contribution is 5.77. The minimum Gasteiger partial charge on any atom is -0.466 e. The van der Waals surface area contributed by atoms with E-state index in [0.717, 1.165) is 12.1 Å². The van der Waals surface area contributed by atoms with Gasteiger partial charge in [0.1, 0.15) is 0 Å². The third-order valence-corrected chi connectivity index (χ3v) is 4.07. The van der Waals surface area contributed by atoms with Gasteiger partial charge in [-0.3, -0.25) is 4.79 Å². The first-order valence-corrected chi connectivity index (χ1v) is 8.06. The molecule has 0 fully saturated rings. The van der Waals surface area contributed by atoms with Gasteiger partial charge in [-0.15, -0.1) is 0 Å². The molecule has 1 unspecified atom stereocenters. The normalized spacial score (nSPS) is 12.5. The first-order valence-electron chi connectivity index (χ1n) is 8.06. The monoisotopic (exact) mass is 311 g/mol. The van der Waals surface area contributed by atoms with Crippen molar-refractivity contribution in [3.8, 4) is 0 Å². The molecular formula is C20H25NO2. The average molecular weight is 311 g/mol. The number of benzene rings is 2. The first kappa shape index (κ1) is 17.1. The lowest BCUT2D eigenvalue weighted by Crippen LogP contribution is -2.44. The van der Waals surface area contributed by atoms with Crippen LogP contribution in [0.1, 0.15) is 26.3 Å². The van der Waals surface area contributed by atoms with Crippen molar-refractivity contribution in [3.63, 3.8) is 0 Å². The maximum Gasteiger partial charge on any atom is 0.313 e. The van der Waals surface area contributed by atoms with Crippen LogP contribution in [0.5, 0.6) is 0 Å². The third kappa shape index (κ3) is 4.59. The number of rotatable bonds is 7. The van der Waals surface area contributed by atoms with Gasteiger partial charge in [-0.05, 0) is 44.9 Å². The molecule has 1 atom stereocenters. The molecule has 0 saturated heterocycles. The summed E-state index contributed by atoms with van der Waals surface area (Å²) >= 11 is 0. The summed E-state index contributed by atoms with van der Waals surface area (Å²) in [5.74, 6) is -0.177. The van der Waals surface area contributed by atoms with Gasteiger partial charge in [0.05, 0.1) is 12.0 Å². The standard InChI is InChI=1S/C20H25NO2/c1-4-23-19(22)20(2,3)18(15-16-11-7-5-8-12-16)21-17-13-9-6-10-14-17/h5-14,18,21H,4,15H2,1-3H3. The topological polar surface area (TPSA) is 38.3 Å². The largest absolute Gasteiger partial charge is 0.466 e. The second-order valence-corrected chi connectivity index (χ2v) is 6.19. The maximum absolute atomic E-state index is 12.4. The van der Waals surface area contributed by atoms with E-state index in [-0.39, 0.29) is 12.0 Å². The summed E-state index contributed by atoms with van der Waals surface area (Å²) in [5.41, 5.74) is 1.56. The summed E-state index contributed by atoms with van der Waals surface area (Å²) in [4.78, 5) is 12.4. The van der Waals surface area contributed by atoms with E-state index in [9.17, 15) is 4.79 Å². The van der Waals surface area contributed by atoms with Crippen molar-refractivity contribution in [2.24, 2.45) is 5.41 Å². The van der Waals surface area contributed by atoms with Crippen molar-refractivity contribution in [1.29, 1.82) is 0 Å². The molecular weight excluding hydrogens is 286 g/mol. The molecule has 0 heterocycles. The molecule has 2 aromatic rings. The Labute approximate surface area is 138 Å². The van der Waals surface area contributed by atoms with Gasteiger partial charge in [0.15, 0.2) is 0 Å². The number of hydrogen-bond acceptors (Lipinski definition) is 3. The highest BCUT2D eigenvalue weighted by Gasteiger charge is 2.38. The number of ether oxygens (including phenoxy) is 1. The molecule has 0 bridgehead atoms. The Balaban J connectivity index is 2.25. The Morgan fingerprint density at radius 2 is 1.61 bits per heavy atom. The Hall–Kier alpha value is -2.29. The second kappa shape index (κ2) is 7.82. The minimum absolute atomic E-state index is 0.0636. The molecule has 2 rings (SSSR count). The van der Waals surface area contributed by atoms with Gasteiger partial charge >= 0.3 is 5.97 Å². The fourth-order valence-corrected chi connectivity index (χ4v) is 2.53. The van der Waals surface area contributed by atoms with Gasteiger partial charge < -0.3 is 10.1 Å². The molecule has 2 aromatic carbocycles. The van der Waals surface area contributed by atoms with E-state index in [2.05, 4.69) is 17.4 Å². The number of para-hydroxylation sites is 1. The van der Waals surface area contributed by atoms with Crippen molar-refractivity contribution >= 4 is 11.7 Å². The van der Waals surface area contributed by atoms with Gasteiger partial charge in [0.25, 0.3) is 0 Å². The van der Waals surface area contributed by atoms with Crippen LogP contribution in [0.25, 0.3) is 0 Å². The predicted octanol–water partition coefficient (Wildman–Crippen LogP) is 4.30. The molecule has 0 aliphatic heterocycles. The molecule has 0 aliphatic carbocycles. The number of nitrogens with one attached hydrogen (secondary N) is 1. The van der Waals surface area contributed by atoms with Crippen LogP contribution in [0.15, 0.2) is 60.7 Å². The molecule has 1 N–H and O–H groups in total. The molecule has 23 heavy (non-hydrogen) atoms. The van der Waals surface area contributed by atoms with Crippen LogP contribution >= 0.6 is 0 Å². The molecule has 3 nitrogen and oxygen atoms in total. The Bertz CT molecular complexity index is 567. The summed E-state index contributed by atoms with van der Waals surface area (Å²) < 4.78 is 5.28. The lowest BCUT2D eigenvalue weighted by atomic mass is 9.80. The number of esters is 1. The molecule has 0 saturated carbocycles. The van der Waals surface area contributed by atoms with Crippen LogP contribution in [0, 0.1) is 5.41 Å². The smallest absolute Gasteiger partial charge is 0.313 e. The van der Waals surface area contributed by atoms with Crippen LogP contribution in [0.2, 0.25) is 0 Å². The first-order chi connectivity index (χ1) is 11.0. The zero-order chi connectivity index (χ0) is 16.7. The van der Waals surface area contributed by atoms with Crippen LogP contribution < -0.4 is 5.32 Å². The van der Waals surface area contributed by atoms with Gasteiger partial charge in [0.2, 0.25) is 0 Å².